The van der Waals surface area contributed by atoms with E-state index in [4.69, 9.17) is 14.2 Å². The van der Waals surface area contributed by atoms with Crippen LogP contribution in [0.2, 0.25) is 0 Å². The molecule has 0 amide bonds. The van der Waals surface area contributed by atoms with Crippen molar-refractivity contribution in [1.82, 2.24) is 4.72 Å². The van der Waals surface area contributed by atoms with E-state index in [0.717, 1.165) is 10.9 Å². The highest BCUT2D eigenvalue weighted by Crippen LogP contribution is 2.34. The molecule has 0 radical (unpaired) electrons. The van der Waals surface area contributed by atoms with Gasteiger partial charge >= 0.3 is 0 Å². The van der Waals surface area contributed by atoms with Gasteiger partial charge in [0.05, 0.1) is 11.5 Å². The number of hydrogen-bond acceptors (Lipinski definition) is 5. The molecule has 1 aliphatic rings. The van der Waals surface area contributed by atoms with Crippen LogP contribution in [-0.2, 0) is 10.0 Å². The summed E-state index contributed by atoms with van der Waals surface area (Å²) in [6.07, 6.45) is 0. The Hall–Kier alpha value is -2.77. The Labute approximate surface area is 170 Å². The number of hydrogen-bond donors (Lipinski definition) is 1. The molecule has 7 heteroatoms. The molecule has 4 rings (SSSR count). The smallest absolute Gasteiger partial charge is 0.241 e. The quantitative estimate of drug-likeness (QED) is 0.660. The van der Waals surface area contributed by atoms with Gasteiger partial charge in [-0.2, -0.15) is 0 Å². The fraction of sp³-hybridized carbons (Fsp3) is 0.273. The second-order valence-corrected chi connectivity index (χ2v) is 8.47. The van der Waals surface area contributed by atoms with Crippen molar-refractivity contribution in [2.75, 3.05) is 19.8 Å². The maximum Gasteiger partial charge on any atom is 0.241 e. The first kappa shape index (κ1) is 19.5. The summed E-state index contributed by atoms with van der Waals surface area (Å²) in [7, 11) is -3.76. The standard InChI is InChI=1S/C22H23NO5S/c1-3-26-19-10-11-22(18-7-5-4-6-17(18)19)29(24,25)23-15(2)16-8-9-20-21(14-16)28-13-12-27-20/h4-11,14-15,23H,3,12-13H2,1-2H3. The van der Waals surface area contributed by atoms with Crippen LogP contribution in [-0.4, -0.2) is 28.2 Å². The lowest BCUT2D eigenvalue weighted by Gasteiger charge is -2.21. The minimum atomic E-state index is -3.76. The monoisotopic (exact) mass is 413 g/mol. The summed E-state index contributed by atoms with van der Waals surface area (Å²) in [5.74, 6) is 1.97. The summed E-state index contributed by atoms with van der Waals surface area (Å²) in [6.45, 7) is 5.21. The van der Waals surface area contributed by atoms with Gasteiger partial charge in [0, 0.05) is 16.8 Å². The second kappa shape index (κ2) is 7.93. The third-order valence-corrected chi connectivity index (χ3v) is 6.43. The summed E-state index contributed by atoms with van der Waals surface area (Å²) < 4.78 is 45.9. The molecule has 0 aliphatic carbocycles. The molecule has 1 atom stereocenters. The molecule has 0 saturated heterocycles. The number of ether oxygens (including phenoxy) is 3. The molecule has 3 aromatic carbocycles. The van der Waals surface area contributed by atoms with E-state index in [2.05, 4.69) is 4.72 Å². The average Bonchev–Trinajstić information content (AvgIpc) is 2.73. The Balaban J connectivity index is 1.66. The highest BCUT2D eigenvalue weighted by Gasteiger charge is 2.23. The summed E-state index contributed by atoms with van der Waals surface area (Å²) in [6, 6.07) is 15.7. The minimum absolute atomic E-state index is 0.223. The van der Waals surface area contributed by atoms with Gasteiger partial charge in [-0.05, 0) is 43.7 Å². The molecule has 29 heavy (non-hydrogen) atoms. The van der Waals surface area contributed by atoms with Crippen LogP contribution in [0, 0.1) is 0 Å². The van der Waals surface area contributed by atoms with Crippen LogP contribution in [0.15, 0.2) is 59.5 Å². The van der Waals surface area contributed by atoms with E-state index >= 15 is 0 Å². The third-order valence-electron chi connectivity index (χ3n) is 4.83. The van der Waals surface area contributed by atoms with Gasteiger partial charge in [-0.15, -0.1) is 0 Å². The topological polar surface area (TPSA) is 73.9 Å². The number of benzene rings is 3. The number of sulfonamides is 1. The van der Waals surface area contributed by atoms with Gasteiger partial charge in [-0.3, -0.25) is 0 Å². The summed E-state index contributed by atoms with van der Waals surface area (Å²) in [4.78, 5) is 0.223. The molecule has 0 bridgehead atoms. The summed E-state index contributed by atoms with van der Waals surface area (Å²) in [5.41, 5.74) is 0.799. The molecule has 1 N–H and O–H groups in total. The molecule has 0 spiro atoms. The van der Waals surface area contributed by atoms with Crippen LogP contribution in [0.25, 0.3) is 10.8 Å². The molecule has 152 valence electrons. The largest absolute Gasteiger partial charge is 0.493 e. The summed E-state index contributed by atoms with van der Waals surface area (Å²) in [5, 5.41) is 1.39. The molecule has 6 nitrogen and oxygen atoms in total. The molecule has 1 unspecified atom stereocenters. The summed E-state index contributed by atoms with van der Waals surface area (Å²) >= 11 is 0. The Morgan fingerprint density at radius 2 is 1.72 bits per heavy atom. The lowest BCUT2D eigenvalue weighted by molar-refractivity contribution is 0.171. The maximum atomic E-state index is 13.2. The normalized spacial score (nSPS) is 14.6. The predicted octanol–water partition coefficient (Wildman–Crippen LogP) is 4.05. The number of nitrogens with one attached hydrogen (secondary N) is 1. The first-order chi connectivity index (χ1) is 14.0. The molecule has 1 aliphatic heterocycles. The highest BCUT2D eigenvalue weighted by atomic mass is 32.2. The first-order valence-corrected chi connectivity index (χ1v) is 11.0. The van der Waals surface area contributed by atoms with Crippen molar-refractivity contribution < 1.29 is 22.6 Å². The Kier molecular flexibility index (Phi) is 5.34. The lowest BCUT2D eigenvalue weighted by Crippen LogP contribution is -2.27. The highest BCUT2D eigenvalue weighted by molar-refractivity contribution is 7.89. The van der Waals surface area contributed by atoms with Crippen LogP contribution < -0.4 is 18.9 Å². The number of fused-ring (bicyclic) bond motifs is 2. The van der Waals surface area contributed by atoms with E-state index in [-0.39, 0.29) is 4.90 Å². The molecule has 1 heterocycles. The Morgan fingerprint density at radius 1 is 1.00 bits per heavy atom. The predicted molar refractivity (Wildman–Crippen MR) is 111 cm³/mol. The van der Waals surface area contributed by atoms with Gasteiger partial charge in [-0.1, -0.05) is 30.3 Å². The van der Waals surface area contributed by atoms with Crippen molar-refractivity contribution in [3.05, 3.63) is 60.2 Å². The molecule has 0 fully saturated rings. The van der Waals surface area contributed by atoms with Crippen molar-refractivity contribution >= 4 is 20.8 Å². The maximum absolute atomic E-state index is 13.2. The van der Waals surface area contributed by atoms with Crippen molar-refractivity contribution in [2.45, 2.75) is 24.8 Å². The molecular formula is C22H23NO5S. The fourth-order valence-electron chi connectivity index (χ4n) is 3.45. The van der Waals surface area contributed by atoms with E-state index in [9.17, 15) is 8.42 Å². The zero-order valence-electron chi connectivity index (χ0n) is 16.3. The molecular weight excluding hydrogens is 390 g/mol. The first-order valence-electron chi connectivity index (χ1n) is 9.56. The molecule has 0 saturated carbocycles. The van der Waals surface area contributed by atoms with Gasteiger partial charge in [0.15, 0.2) is 11.5 Å². The minimum Gasteiger partial charge on any atom is -0.493 e. The van der Waals surface area contributed by atoms with Crippen molar-refractivity contribution in [3.8, 4) is 17.2 Å². The van der Waals surface area contributed by atoms with E-state index in [0.29, 0.717) is 42.5 Å². The van der Waals surface area contributed by atoms with E-state index < -0.39 is 16.1 Å². The van der Waals surface area contributed by atoms with Gasteiger partial charge in [0.1, 0.15) is 19.0 Å². The average molecular weight is 413 g/mol. The Bertz CT molecular complexity index is 1140. The fourth-order valence-corrected chi connectivity index (χ4v) is 4.90. The lowest BCUT2D eigenvalue weighted by atomic mass is 10.1. The van der Waals surface area contributed by atoms with Crippen LogP contribution in [0.5, 0.6) is 17.2 Å². The zero-order chi connectivity index (χ0) is 20.4. The van der Waals surface area contributed by atoms with Crippen LogP contribution in [0.4, 0.5) is 0 Å². The van der Waals surface area contributed by atoms with E-state index in [1.54, 1.807) is 31.2 Å². The van der Waals surface area contributed by atoms with Crippen molar-refractivity contribution in [3.63, 3.8) is 0 Å². The van der Waals surface area contributed by atoms with Crippen LogP contribution in [0.1, 0.15) is 25.5 Å². The Morgan fingerprint density at radius 3 is 2.48 bits per heavy atom. The second-order valence-electron chi connectivity index (χ2n) is 6.79. The van der Waals surface area contributed by atoms with E-state index in [1.165, 1.54) is 0 Å². The van der Waals surface area contributed by atoms with E-state index in [1.807, 2.05) is 37.3 Å². The van der Waals surface area contributed by atoms with Gasteiger partial charge in [0.25, 0.3) is 0 Å². The molecule has 0 aromatic heterocycles. The van der Waals surface area contributed by atoms with Gasteiger partial charge < -0.3 is 14.2 Å². The van der Waals surface area contributed by atoms with Crippen molar-refractivity contribution in [2.24, 2.45) is 0 Å². The van der Waals surface area contributed by atoms with Gasteiger partial charge in [0.2, 0.25) is 10.0 Å². The van der Waals surface area contributed by atoms with Crippen molar-refractivity contribution in [1.29, 1.82) is 0 Å². The molecule has 3 aromatic rings. The van der Waals surface area contributed by atoms with Crippen LogP contribution in [0.3, 0.4) is 0 Å². The van der Waals surface area contributed by atoms with Crippen LogP contribution >= 0.6 is 0 Å². The SMILES string of the molecule is CCOc1ccc(S(=O)(=O)NC(C)c2ccc3c(c2)OCCO3)c2ccccc12. The third kappa shape index (κ3) is 3.88. The van der Waals surface area contributed by atoms with Gasteiger partial charge in [-0.25, -0.2) is 13.1 Å². The zero-order valence-corrected chi connectivity index (χ0v) is 17.2. The number of rotatable bonds is 6.